The van der Waals surface area contributed by atoms with Crippen molar-refractivity contribution in [3.8, 4) is 0 Å². The fraction of sp³-hybridized carbons (Fsp3) is 0.900. The predicted octanol–water partition coefficient (Wildman–Crippen LogP) is 2.75. The van der Waals surface area contributed by atoms with Gasteiger partial charge in [0, 0.05) is 37.0 Å². The van der Waals surface area contributed by atoms with Gasteiger partial charge >= 0.3 is 4.45 Å². The predicted molar refractivity (Wildman–Crippen MR) is 66.4 cm³/mol. The average Bonchev–Trinajstić information content (AvgIpc) is 2.56. The number of carbonyl (C=O) groups is 1. The maximum absolute atomic E-state index is 12.3. The number of carbonyl (C=O) groups excluding carboxylic acids is 1. The van der Waals surface area contributed by atoms with Gasteiger partial charge in [-0.1, -0.05) is 29.8 Å². The zero-order valence-corrected chi connectivity index (χ0v) is 12.3. The van der Waals surface area contributed by atoms with Gasteiger partial charge in [-0.2, -0.15) is 0 Å². The zero-order chi connectivity index (χ0) is 12.4. The van der Waals surface area contributed by atoms with Crippen molar-refractivity contribution in [1.82, 2.24) is 0 Å². The van der Waals surface area contributed by atoms with Gasteiger partial charge in [0.15, 0.2) is 0 Å². The molecule has 0 N–H and O–H groups in total. The van der Waals surface area contributed by atoms with Crippen LogP contribution in [0.5, 0.6) is 0 Å². The Morgan fingerprint density at radius 1 is 1.56 bits per heavy atom. The number of fused-ring (bicyclic) bond motifs is 2. The van der Waals surface area contributed by atoms with Crippen molar-refractivity contribution in [2.45, 2.75) is 31.1 Å². The number of ketones is 1. The Kier molecular flexibility index (Phi) is 2.56. The van der Waals surface area contributed by atoms with Crippen LogP contribution < -0.4 is 0 Å². The number of alkyl halides is 2. The molecular formula is C10H13Br2NO3. The molecule has 4 nitrogen and oxygen atoms in total. The fourth-order valence-electron chi connectivity index (χ4n) is 3.40. The van der Waals surface area contributed by atoms with E-state index >= 15 is 0 Å². The summed E-state index contributed by atoms with van der Waals surface area (Å²) in [6.07, 6.45) is 1.48. The van der Waals surface area contributed by atoms with Crippen molar-refractivity contribution in [3.63, 3.8) is 0 Å². The molecule has 90 valence electrons. The quantitative estimate of drug-likeness (QED) is 0.331. The van der Waals surface area contributed by atoms with Gasteiger partial charge in [-0.3, -0.25) is 14.9 Å². The second-order valence-electron chi connectivity index (χ2n) is 5.23. The maximum Gasteiger partial charge on any atom is 0.335 e. The molecule has 2 bridgehead atoms. The zero-order valence-electron chi connectivity index (χ0n) is 9.13. The van der Waals surface area contributed by atoms with Crippen LogP contribution in [-0.2, 0) is 4.79 Å². The Hall–Kier alpha value is 0.0300. The molecule has 2 aliphatic rings. The monoisotopic (exact) mass is 353 g/mol. The van der Waals surface area contributed by atoms with Crippen LogP contribution in [0.25, 0.3) is 0 Å². The number of Topliss-reactive ketones (excluding diaryl/α,β-unsaturated/α-hetero) is 1. The lowest BCUT2D eigenvalue weighted by Gasteiger charge is -2.33. The van der Waals surface area contributed by atoms with Gasteiger partial charge in [-0.25, -0.2) is 0 Å². The van der Waals surface area contributed by atoms with Crippen LogP contribution in [0, 0.1) is 26.9 Å². The van der Waals surface area contributed by atoms with E-state index in [1.54, 1.807) is 0 Å². The molecule has 2 fully saturated rings. The van der Waals surface area contributed by atoms with Crippen LogP contribution in [0.15, 0.2) is 0 Å². The summed E-state index contributed by atoms with van der Waals surface area (Å²) in [7, 11) is 0. The minimum Gasteiger partial charge on any atom is -0.290 e. The molecule has 6 heteroatoms. The second-order valence-corrected chi connectivity index (χ2v) is 7.00. The third-order valence-electron chi connectivity index (χ3n) is 4.79. The Morgan fingerprint density at radius 2 is 2.12 bits per heavy atom. The Labute approximate surface area is 111 Å². The van der Waals surface area contributed by atoms with E-state index in [0.29, 0.717) is 5.33 Å². The van der Waals surface area contributed by atoms with E-state index in [9.17, 15) is 14.9 Å². The molecule has 2 rings (SSSR count). The van der Waals surface area contributed by atoms with Crippen molar-refractivity contribution in [2.24, 2.45) is 16.7 Å². The highest BCUT2D eigenvalue weighted by molar-refractivity contribution is 9.10. The number of hydrogen-bond donors (Lipinski definition) is 0. The number of hydrogen-bond acceptors (Lipinski definition) is 3. The molecule has 0 aliphatic heterocycles. The van der Waals surface area contributed by atoms with Gasteiger partial charge in [0.1, 0.15) is 0 Å². The van der Waals surface area contributed by atoms with E-state index in [2.05, 4.69) is 31.9 Å². The molecule has 0 spiro atoms. The number of nitrogens with zero attached hydrogens (tertiary/aromatic N) is 1. The smallest absolute Gasteiger partial charge is 0.290 e. The molecule has 0 aromatic rings. The van der Waals surface area contributed by atoms with E-state index in [0.717, 1.165) is 12.8 Å². The summed E-state index contributed by atoms with van der Waals surface area (Å²) in [6.45, 7) is 3.84. The van der Waals surface area contributed by atoms with Crippen LogP contribution >= 0.6 is 31.9 Å². The largest absolute Gasteiger partial charge is 0.335 e. The Balaban J connectivity index is 2.61. The Bertz CT molecular complexity index is 388. The van der Waals surface area contributed by atoms with Gasteiger partial charge in [0.25, 0.3) is 0 Å². The van der Waals surface area contributed by atoms with E-state index in [4.69, 9.17) is 0 Å². The van der Waals surface area contributed by atoms with E-state index in [-0.39, 0.29) is 17.1 Å². The van der Waals surface area contributed by atoms with Gasteiger partial charge in [-0.15, -0.1) is 0 Å². The summed E-state index contributed by atoms with van der Waals surface area (Å²) < 4.78 is -1.57. The SMILES string of the molecule is C[C@]1(CBr)[C@H]2CC[C@]1(C)C(=O)[C@@]2(Br)[N+](=O)[O-]. The average molecular weight is 355 g/mol. The van der Waals surface area contributed by atoms with Crippen LogP contribution in [-0.4, -0.2) is 20.5 Å². The summed E-state index contributed by atoms with van der Waals surface area (Å²) in [6, 6.07) is 0. The molecule has 0 saturated heterocycles. The van der Waals surface area contributed by atoms with Gasteiger partial charge < -0.3 is 0 Å². The molecule has 16 heavy (non-hydrogen) atoms. The highest BCUT2D eigenvalue weighted by Crippen LogP contribution is 2.69. The molecule has 0 heterocycles. The van der Waals surface area contributed by atoms with Crippen LogP contribution in [0.2, 0.25) is 0 Å². The summed E-state index contributed by atoms with van der Waals surface area (Å²) in [5.74, 6) is -0.491. The molecule has 0 radical (unpaired) electrons. The van der Waals surface area contributed by atoms with Crippen LogP contribution in [0.1, 0.15) is 26.7 Å². The summed E-state index contributed by atoms with van der Waals surface area (Å²) in [5, 5.41) is 11.8. The van der Waals surface area contributed by atoms with Gasteiger partial charge in [0.05, 0.1) is 5.92 Å². The van der Waals surface area contributed by atoms with Crippen molar-refractivity contribution in [2.75, 3.05) is 5.33 Å². The lowest BCUT2D eigenvalue weighted by atomic mass is 9.70. The van der Waals surface area contributed by atoms with Crippen molar-refractivity contribution >= 4 is 37.6 Å². The first-order valence-corrected chi connectivity index (χ1v) is 7.11. The molecule has 0 aromatic heterocycles. The lowest BCUT2D eigenvalue weighted by molar-refractivity contribution is -0.529. The van der Waals surface area contributed by atoms with Crippen molar-refractivity contribution in [1.29, 1.82) is 0 Å². The third kappa shape index (κ3) is 1.03. The number of nitro groups is 1. The summed E-state index contributed by atoms with van der Waals surface area (Å²) in [4.78, 5) is 23.1. The molecule has 2 saturated carbocycles. The molecule has 0 amide bonds. The van der Waals surface area contributed by atoms with Gasteiger partial charge in [-0.05, 0) is 12.8 Å². The third-order valence-corrected chi connectivity index (χ3v) is 7.15. The molecule has 2 aliphatic carbocycles. The molecule has 0 unspecified atom stereocenters. The second kappa shape index (κ2) is 3.28. The number of rotatable bonds is 2. The maximum atomic E-state index is 12.3. The topological polar surface area (TPSA) is 60.2 Å². The fourth-order valence-corrected chi connectivity index (χ4v) is 5.59. The van der Waals surface area contributed by atoms with Crippen molar-refractivity contribution in [3.05, 3.63) is 10.1 Å². The molecular weight excluding hydrogens is 342 g/mol. The highest BCUT2D eigenvalue weighted by Gasteiger charge is 2.79. The first-order valence-electron chi connectivity index (χ1n) is 5.19. The van der Waals surface area contributed by atoms with E-state index in [1.807, 2.05) is 13.8 Å². The Morgan fingerprint density at radius 3 is 2.44 bits per heavy atom. The molecule has 4 atom stereocenters. The van der Waals surface area contributed by atoms with E-state index in [1.165, 1.54) is 0 Å². The first kappa shape index (κ1) is 12.5. The number of halogens is 2. The molecule has 0 aromatic carbocycles. The van der Waals surface area contributed by atoms with Crippen LogP contribution in [0.4, 0.5) is 0 Å². The standard InChI is InChI=1S/C10H13Br2NO3/c1-8-4-3-6(9(8,2)5-11)10(12,7(8)14)13(15)16/h6H,3-5H2,1-2H3/t6-,8-,9+,10+/m1/s1. The van der Waals surface area contributed by atoms with Crippen molar-refractivity contribution < 1.29 is 9.72 Å². The highest BCUT2D eigenvalue weighted by atomic mass is 79.9. The van der Waals surface area contributed by atoms with Gasteiger partial charge in [0.2, 0.25) is 5.78 Å². The first-order chi connectivity index (χ1) is 7.25. The van der Waals surface area contributed by atoms with E-state index < -0.39 is 14.8 Å². The lowest BCUT2D eigenvalue weighted by Crippen LogP contribution is -2.47. The minimum atomic E-state index is -1.57. The minimum absolute atomic E-state index is 0.230. The van der Waals surface area contributed by atoms with Crippen LogP contribution in [0.3, 0.4) is 0 Å². The summed E-state index contributed by atoms with van der Waals surface area (Å²) >= 11 is 6.54. The summed E-state index contributed by atoms with van der Waals surface area (Å²) in [5.41, 5.74) is -0.918. The normalized spacial score (nSPS) is 51.0.